The highest BCUT2D eigenvalue weighted by molar-refractivity contribution is 6.30. The van der Waals surface area contributed by atoms with Crippen molar-refractivity contribution in [1.29, 1.82) is 0 Å². The van der Waals surface area contributed by atoms with E-state index in [4.69, 9.17) is 22.1 Å². The second kappa shape index (κ2) is 6.98. The van der Waals surface area contributed by atoms with Gasteiger partial charge in [0.1, 0.15) is 5.82 Å². The monoisotopic (exact) mass is 333 g/mol. The summed E-state index contributed by atoms with van der Waals surface area (Å²) in [6.07, 6.45) is 0. The molecule has 2 atom stereocenters. The van der Waals surface area contributed by atoms with Gasteiger partial charge in [-0.1, -0.05) is 23.7 Å². The minimum atomic E-state index is -0.293. The van der Waals surface area contributed by atoms with E-state index in [1.165, 1.54) is 12.1 Å². The van der Waals surface area contributed by atoms with Gasteiger partial charge in [-0.05, 0) is 42.0 Å². The second-order valence-electron chi connectivity index (χ2n) is 5.41. The Morgan fingerprint density at radius 2 is 1.83 bits per heavy atom. The number of aliphatic imine (C=N–C) groups is 1. The largest absolute Gasteiger partial charge is 0.378 e. The lowest BCUT2D eigenvalue weighted by Gasteiger charge is -2.15. The zero-order chi connectivity index (χ0) is 16.2. The predicted octanol–water partition coefficient (Wildman–Crippen LogP) is 3.39. The smallest absolute Gasteiger partial charge is 0.193 e. The molecule has 1 heterocycles. The first-order chi connectivity index (χ1) is 11.1. The van der Waals surface area contributed by atoms with Crippen molar-refractivity contribution in [3.8, 4) is 0 Å². The van der Waals surface area contributed by atoms with E-state index < -0.39 is 0 Å². The molecule has 23 heavy (non-hydrogen) atoms. The fourth-order valence-corrected chi connectivity index (χ4v) is 2.72. The molecule has 0 amide bonds. The quantitative estimate of drug-likeness (QED) is 0.668. The highest BCUT2D eigenvalue weighted by Crippen LogP contribution is 2.29. The zero-order valence-corrected chi connectivity index (χ0v) is 13.1. The fraction of sp³-hybridized carbons (Fsp3) is 0.235. The maximum Gasteiger partial charge on any atom is 0.193 e. The van der Waals surface area contributed by atoms with E-state index in [1.54, 1.807) is 12.1 Å². The number of rotatable bonds is 3. The molecule has 2 aromatic rings. The molecule has 1 saturated heterocycles. The topological polar surface area (TPSA) is 59.6 Å². The van der Waals surface area contributed by atoms with Crippen LogP contribution >= 0.6 is 11.6 Å². The van der Waals surface area contributed by atoms with Gasteiger partial charge in [0.05, 0.1) is 19.3 Å². The van der Waals surface area contributed by atoms with Crippen LogP contribution in [0, 0.1) is 5.82 Å². The first-order valence-corrected chi connectivity index (χ1v) is 7.68. The van der Waals surface area contributed by atoms with Crippen LogP contribution in [0.1, 0.15) is 11.5 Å². The second-order valence-corrected chi connectivity index (χ2v) is 5.85. The van der Waals surface area contributed by atoms with Gasteiger partial charge in [-0.15, -0.1) is 0 Å². The standard InChI is InChI=1S/C17H17ClFN3O/c18-12-3-1-11(2-4-12)15-9-23-10-16(15)22-17(20)21-14-7-5-13(19)6-8-14/h1-8,15-16H,9-10H2,(H3,20,21,22). The molecule has 4 nitrogen and oxygen atoms in total. The molecule has 6 heteroatoms. The molecule has 0 radical (unpaired) electrons. The van der Waals surface area contributed by atoms with Crippen LogP contribution < -0.4 is 11.1 Å². The number of halogens is 2. The van der Waals surface area contributed by atoms with E-state index in [2.05, 4.69) is 10.3 Å². The molecule has 120 valence electrons. The van der Waals surface area contributed by atoms with Gasteiger partial charge in [-0.25, -0.2) is 9.38 Å². The van der Waals surface area contributed by atoms with Gasteiger partial charge in [0.25, 0.3) is 0 Å². The predicted molar refractivity (Wildman–Crippen MR) is 90.4 cm³/mol. The van der Waals surface area contributed by atoms with E-state index in [0.29, 0.717) is 23.9 Å². The minimum absolute atomic E-state index is 0.0656. The van der Waals surface area contributed by atoms with Crippen molar-refractivity contribution in [2.75, 3.05) is 18.5 Å². The summed E-state index contributed by atoms with van der Waals surface area (Å²) in [7, 11) is 0. The van der Waals surface area contributed by atoms with Crippen LogP contribution in [-0.4, -0.2) is 25.2 Å². The lowest BCUT2D eigenvalue weighted by molar-refractivity contribution is 0.191. The fourth-order valence-electron chi connectivity index (χ4n) is 2.59. The number of hydrogen-bond donors (Lipinski definition) is 2. The molecule has 0 bridgehead atoms. The van der Waals surface area contributed by atoms with E-state index in [-0.39, 0.29) is 23.7 Å². The number of nitrogens with one attached hydrogen (secondary N) is 1. The van der Waals surface area contributed by atoms with Crippen molar-refractivity contribution < 1.29 is 9.13 Å². The molecule has 1 fully saturated rings. The normalized spacial score (nSPS) is 21.4. The van der Waals surface area contributed by atoms with Crippen LogP contribution in [-0.2, 0) is 4.74 Å². The molecule has 2 aromatic carbocycles. The van der Waals surface area contributed by atoms with Gasteiger partial charge in [-0.3, -0.25) is 0 Å². The average molecular weight is 334 g/mol. The maximum absolute atomic E-state index is 12.9. The molecule has 0 spiro atoms. The first kappa shape index (κ1) is 15.8. The third kappa shape index (κ3) is 4.00. The number of nitrogens with zero attached hydrogens (tertiary/aromatic N) is 1. The molecule has 3 N–H and O–H groups in total. The molecule has 0 aliphatic carbocycles. The van der Waals surface area contributed by atoms with Crippen LogP contribution in [0.3, 0.4) is 0 Å². The Morgan fingerprint density at radius 1 is 1.13 bits per heavy atom. The molecular weight excluding hydrogens is 317 g/mol. The van der Waals surface area contributed by atoms with Crippen LogP contribution in [0.5, 0.6) is 0 Å². The van der Waals surface area contributed by atoms with Crippen LogP contribution in [0.2, 0.25) is 5.02 Å². The van der Waals surface area contributed by atoms with Crippen molar-refractivity contribution >= 4 is 23.2 Å². The Bertz CT molecular complexity index is 688. The van der Waals surface area contributed by atoms with Crippen LogP contribution in [0.15, 0.2) is 53.5 Å². The Hall–Kier alpha value is -2.11. The van der Waals surface area contributed by atoms with Crippen molar-refractivity contribution in [3.63, 3.8) is 0 Å². The van der Waals surface area contributed by atoms with Gasteiger partial charge in [0.15, 0.2) is 5.96 Å². The summed E-state index contributed by atoms with van der Waals surface area (Å²) < 4.78 is 18.5. The Morgan fingerprint density at radius 3 is 2.52 bits per heavy atom. The number of guanidine groups is 1. The Kier molecular flexibility index (Phi) is 4.79. The third-order valence-corrected chi connectivity index (χ3v) is 4.02. The summed E-state index contributed by atoms with van der Waals surface area (Å²) in [4.78, 5) is 4.51. The van der Waals surface area contributed by atoms with Gasteiger partial charge in [0.2, 0.25) is 0 Å². The van der Waals surface area contributed by atoms with Gasteiger partial charge < -0.3 is 15.8 Å². The summed E-state index contributed by atoms with van der Waals surface area (Å²) in [5, 5.41) is 3.66. The lowest BCUT2D eigenvalue weighted by Crippen LogP contribution is -2.27. The zero-order valence-electron chi connectivity index (χ0n) is 12.4. The molecule has 2 unspecified atom stereocenters. The van der Waals surface area contributed by atoms with Gasteiger partial charge in [0, 0.05) is 16.6 Å². The van der Waals surface area contributed by atoms with Crippen molar-refractivity contribution in [3.05, 3.63) is 64.9 Å². The van der Waals surface area contributed by atoms with E-state index in [0.717, 1.165) is 5.56 Å². The third-order valence-electron chi connectivity index (χ3n) is 3.77. The molecular formula is C17H17ClFN3O. The maximum atomic E-state index is 12.9. The van der Waals surface area contributed by atoms with E-state index in [9.17, 15) is 4.39 Å². The van der Waals surface area contributed by atoms with Crippen LogP contribution in [0.4, 0.5) is 10.1 Å². The highest BCUT2D eigenvalue weighted by Gasteiger charge is 2.29. The minimum Gasteiger partial charge on any atom is -0.378 e. The summed E-state index contributed by atoms with van der Waals surface area (Å²) in [6, 6.07) is 13.6. The average Bonchev–Trinajstić information content (AvgIpc) is 2.98. The van der Waals surface area contributed by atoms with Crippen molar-refractivity contribution in [2.24, 2.45) is 10.7 Å². The first-order valence-electron chi connectivity index (χ1n) is 7.31. The molecule has 1 aliphatic rings. The number of anilines is 1. The highest BCUT2D eigenvalue weighted by atomic mass is 35.5. The number of hydrogen-bond acceptors (Lipinski definition) is 2. The van der Waals surface area contributed by atoms with Crippen LogP contribution in [0.25, 0.3) is 0 Å². The van der Waals surface area contributed by atoms with E-state index >= 15 is 0 Å². The summed E-state index contributed by atoms with van der Waals surface area (Å²) in [6.45, 7) is 1.11. The number of ether oxygens (including phenoxy) is 1. The number of benzene rings is 2. The van der Waals surface area contributed by atoms with Gasteiger partial charge >= 0.3 is 0 Å². The lowest BCUT2D eigenvalue weighted by atomic mass is 9.95. The number of nitrogens with two attached hydrogens (primary N) is 1. The SMILES string of the molecule is NC(=NC1COCC1c1ccc(Cl)cc1)Nc1ccc(F)cc1. The van der Waals surface area contributed by atoms with Crippen molar-refractivity contribution in [2.45, 2.75) is 12.0 Å². The van der Waals surface area contributed by atoms with Crippen molar-refractivity contribution in [1.82, 2.24) is 0 Å². The van der Waals surface area contributed by atoms with E-state index in [1.807, 2.05) is 24.3 Å². The summed E-state index contributed by atoms with van der Waals surface area (Å²) in [5.41, 5.74) is 7.77. The summed E-state index contributed by atoms with van der Waals surface area (Å²) >= 11 is 5.92. The Labute approximate surface area is 139 Å². The summed E-state index contributed by atoms with van der Waals surface area (Å²) in [5.74, 6) is 0.130. The molecule has 0 saturated carbocycles. The molecule has 0 aromatic heterocycles. The van der Waals surface area contributed by atoms with Gasteiger partial charge in [-0.2, -0.15) is 0 Å². The Balaban J connectivity index is 1.71. The molecule has 3 rings (SSSR count). The molecule has 1 aliphatic heterocycles.